The molecule has 7 rings (SSSR count). The minimum absolute atomic E-state index is 0.361. The summed E-state index contributed by atoms with van der Waals surface area (Å²) >= 11 is 0. The fourth-order valence-corrected chi connectivity index (χ4v) is 5.83. The van der Waals surface area contributed by atoms with Crippen LogP contribution in [0.2, 0.25) is 0 Å². The average molecular weight is 447 g/mol. The number of ether oxygens (including phenoxy) is 1. The summed E-state index contributed by atoms with van der Waals surface area (Å²) in [6, 6.07) is 26.7. The molecule has 1 aliphatic carbocycles. The Labute approximate surface area is 195 Å². The van der Waals surface area contributed by atoms with Crippen molar-refractivity contribution in [1.29, 1.82) is 0 Å². The lowest BCUT2D eigenvalue weighted by Gasteiger charge is -2.40. The lowest BCUT2D eigenvalue weighted by molar-refractivity contribution is 0.198. The first kappa shape index (κ1) is 19.3. The van der Waals surface area contributed by atoms with Crippen molar-refractivity contribution in [3.63, 3.8) is 0 Å². The van der Waals surface area contributed by atoms with E-state index in [1.54, 1.807) is 21.5 Å². The van der Waals surface area contributed by atoms with Crippen LogP contribution in [0.4, 0.5) is 0 Å². The van der Waals surface area contributed by atoms with Gasteiger partial charge in [-0.25, -0.2) is 23.5 Å². The van der Waals surface area contributed by atoms with Crippen molar-refractivity contribution in [2.45, 2.75) is 11.6 Å². The van der Waals surface area contributed by atoms with Crippen molar-refractivity contribution >= 4 is 6.08 Å². The second kappa shape index (κ2) is 6.92. The van der Waals surface area contributed by atoms with Crippen LogP contribution in [0.15, 0.2) is 112 Å². The third-order valence-corrected chi connectivity index (χ3v) is 7.24. The molecule has 2 atom stereocenters. The van der Waals surface area contributed by atoms with E-state index in [9.17, 15) is 9.59 Å². The van der Waals surface area contributed by atoms with Crippen LogP contribution in [-0.4, -0.2) is 27.1 Å². The SMILES string of the molecule is O=c1n(-c2ccccc2)c(=O)n2n1[C@@H](c1ccccc1)C1=C(COC1)[C@]21C=Cc2ccccc21. The van der Waals surface area contributed by atoms with Gasteiger partial charge in [0.05, 0.1) is 18.9 Å². The molecule has 0 radical (unpaired) electrons. The molecule has 3 aliphatic rings. The van der Waals surface area contributed by atoms with Gasteiger partial charge in [-0.15, -0.1) is 0 Å². The molecule has 0 fully saturated rings. The number of aromatic nitrogens is 3. The third-order valence-electron chi connectivity index (χ3n) is 7.24. The molecule has 6 nitrogen and oxygen atoms in total. The van der Waals surface area contributed by atoms with E-state index in [4.69, 9.17) is 4.74 Å². The van der Waals surface area contributed by atoms with Crippen LogP contribution in [0.5, 0.6) is 0 Å². The lowest BCUT2D eigenvalue weighted by atomic mass is 9.79. The zero-order chi connectivity index (χ0) is 22.9. The molecule has 2 aliphatic heterocycles. The zero-order valence-electron chi connectivity index (χ0n) is 18.3. The number of rotatable bonds is 2. The number of benzene rings is 3. The monoisotopic (exact) mass is 447 g/mol. The summed E-state index contributed by atoms with van der Waals surface area (Å²) in [5.74, 6) is 0. The summed E-state index contributed by atoms with van der Waals surface area (Å²) in [5.41, 5.74) is 3.99. The highest BCUT2D eigenvalue weighted by atomic mass is 16.5. The first-order valence-corrected chi connectivity index (χ1v) is 11.4. The van der Waals surface area contributed by atoms with Gasteiger partial charge in [0, 0.05) is 0 Å². The Balaban J connectivity index is 1.64. The molecule has 3 heterocycles. The molecule has 1 spiro atoms. The van der Waals surface area contributed by atoms with Crippen molar-refractivity contribution in [2.75, 3.05) is 13.2 Å². The van der Waals surface area contributed by atoms with E-state index in [1.165, 1.54) is 4.57 Å². The standard InChI is InChI=1S/C28H21N3O3/c32-26-29(21-12-5-2-6-13-21)27(33)31-28(16-15-19-9-7-8-14-23(19)28)24-18-34-17-22(24)25(30(26)31)20-10-3-1-4-11-20/h1-16,25H,17-18H2/t25-,28+/m0/s1. The number of nitrogens with zero attached hydrogens (tertiary/aromatic N) is 3. The summed E-state index contributed by atoms with van der Waals surface area (Å²) in [4.78, 5) is 28.3. The fraction of sp³-hybridized carbons (Fsp3) is 0.143. The second-order valence-corrected chi connectivity index (χ2v) is 8.89. The van der Waals surface area contributed by atoms with Crippen molar-refractivity contribution in [3.05, 3.63) is 140 Å². The normalized spacial score (nSPS) is 22.2. The predicted molar refractivity (Wildman–Crippen MR) is 129 cm³/mol. The largest absolute Gasteiger partial charge is 0.373 e. The van der Waals surface area contributed by atoms with Gasteiger partial charge in [0.2, 0.25) is 0 Å². The molecule has 3 aromatic carbocycles. The Hall–Kier alpha value is -4.16. The molecule has 0 bridgehead atoms. The van der Waals surface area contributed by atoms with E-state index in [1.807, 2.05) is 78.9 Å². The molecule has 1 aromatic heterocycles. The Kier molecular flexibility index (Phi) is 3.93. The zero-order valence-corrected chi connectivity index (χ0v) is 18.3. The van der Waals surface area contributed by atoms with Crippen molar-refractivity contribution in [3.8, 4) is 5.69 Å². The number of allylic oxidation sites excluding steroid dienone is 1. The predicted octanol–water partition coefficient (Wildman–Crippen LogP) is 3.50. The number of hydrogen-bond acceptors (Lipinski definition) is 3. The third kappa shape index (κ3) is 2.33. The van der Waals surface area contributed by atoms with Gasteiger partial charge in [-0.05, 0) is 46.0 Å². The fourth-order valence-electron chi connectivity index (χ4n) is 5.83. The van der Waals surface area contributed by atoms with Crippen molar-refractivity contribution < 1.29 is 4.74 Å². The van der Waals surface area contributed by atoms with Gasteiger partial charge in [-0.3, -0.25) is 0 Å². The minimum atomic E-state index is -0.899. The van der Waals surface area contributed by atoms with E-state index in [-0.39, 0.29) is 11.4 Å². The molecule has 34 heavy (non-hydrogen) atoms. The van der Waals surface area contributed by atoms with Crippen molar-refractivity contribution in [1.82, 2.24) is 13.9 Å². The molecule has 0 unspecified atom stereocenters. The smallest absolute Gasteiger partial charge is 0.353 e. The van der Waals surface area contributed by atoms with Crippen LogP contribution < -0.4 is 11.4 Å². The van der Waals surface area contributed by atoms with E-state index >= 15 is 0 Å². The summed E-state index contributed by atoms with van der Waals surface area (Å²) in [6.07, 6.45) is 4.10. The summed E-state index contributed by atoms with van der Waals surface area (Å²) in [7, 11) is 0. The maximum absolute atomic E-state index is 14.2. The summed E-state index contributed by atoms with van der Waals surface area (Å²) in [6.45, 7) is 0.832. The Bertz CT molecular complexity index is 1620. The highest BCUT2D eigenvalue weighted by Gasteiger charge is 2.52. The quantitative estimate of drug-likeness (QED) is 0.442. The van der Waals surface area contributed by atoms with Gasteiger partial charge >= 0.3 is 11.4 Å². The maximum atomic E-state index is 14.2. The van der Waals surface area contributed by atoms with Gasteiger partial charge in [-0.2, -0.15) is 0 Å². The van der Waals surface area contributed by atoms with Gasteiger partial charge < -0.3 is 4.74 Å². The maximum Gasteiger partial charge on any atom is 0.353 e. The molecular formula is C28H21N3O3. The molecule has 4 aromatic rings. The number of fused-ring (bicyclic) bond motifs is 5. The molecular weight excluding hydrogens is 426 g/mol. The van der Waals surface area contributed by atoms with E-state index in [0.29, 0.717) is 18.9 Å². The highest BCUT2D eigenvalue weighted by Crippen LogP contribution is 2.50. The van der Waals surface area contributed by atoms with Crippen LogP contribution in [0.3, 0.4) is 0 Å². The first-order chi connectivity index (χ1) is 16.7. The number of para-hydroxylation sites is 1. The number of hydrogen-bond donors (Lipinski definition) is 0. The Morgan fingerprint density at radius 3 is 2.29 bits per heavy atom. The van der Waals surface area contributed by atoms with Crippen molar-refractivity contribution in [2.24, 2.45) is 0 Å². The van der Waals surface area contributed by atoms with Crippen LogP contribution in [0.25, 0.3) is 11.8 Å². The second-order valence-electron chi connectivity index (χ2n) is 8.89. The van der Waals surface area contributed by atoms with Crippen LogP contribution in [0.1, 0.15) is 22.7 Å². The first-order valence-electron chi connectivity index (χ1n) is 11.4. The topological polar surface area (TPSA) is 58.2 Å². The Morgan fingerprint density at radius 1 is 0.794 bits per heavy atom. The average Bonchev–Trinajstić information content (AvgIpc) is 3.58. The minimum Gasteiger partial charge on any atom is -0.373 e. The van der Waals surface area contributed by atoms with Gasteiger partial charge in [0.1, 0.15) is 11.6 Å². The molecule has 166 valence electrons. The van der Waals surface area contributed by atoms with Gasteiger partial charge in [0.15, 0.2) is 0 Å². The molecule has 0 N–H and O–H groups in total. The van der Waals surface area contributed by atoms with E-state index in [0.717, 1.165) is 27.8 Å². The van der Waals surface area contributed by atoms with Crippen LogP contribution >= 0.6 is 0 Å². The van der Waals surface area contributed by atoms with E-state index in [2.05, 4.69) is 6.08 Å². The summed E-state index contributed by atoms with van der Waals surface area (Å²) < 4.78 is 10.6. The van der Waals surface area contributed by atoms with Crippen LogP contribution in [-0.2, 0) is 10.3 Å². The lowest BCUT2D eigenvalue weighted by Crippen LogP contribution is -2.50. The Morgan fingerprint density at radius 2 is 1.50 bits per heavy atom. The molecule has 0 saturated heterocycles. The van der Waals surface area contributed by atoms with E-state index < -0.39 is 11.6 Å². The van der Waals surface area contributed by atoms with Crippen LogP contribution in [0, 0.1) is 0 Å². The van der Waals surface area contributed by atoms with Gasteiger partial charge in [-0.1, -0.05) is 78.9 Å². The molecule has 0 amide bonds. The highest BCUT2D eigenvalue weighted by molar-refractivity contribution is 5.70. The molecule has 6 heteroatoms. The molecule has 0 saturated carbocycles. The van der Waals surface area contributed by atoms with Gasteiger partial charge in [0.25, 0.3) is 0 Å². The summed E-state index contributed by atoms with van der Waals surface area (Å²) in [5, 5.41) is 0.